The lowest BCUT2D eigenvalue weighted by atomic mass is 10.0. The van der Waals surface area contributed by atoms with E-state index < -0.39 is 0 Å². The second-order valence-corrected chi connectivity index (χ2v) is 4.85. The number of benzene rings is 1. The van der Waals surface area contributed by atoms with Crippen molar-refractivity contribution >= 4 is 5.69 Å². The SMILES string of the molecule is NNc1ccc(C2(N3CCOCC3)CC2)cc1. The number of hydrogen-bond donors (Lipinski definition) is 2. The van der Waals surface area contributed by atoms with Gasteiger partial charge < -0.3 is 10.2 Å². The lowest BCUT2D eigenvalue weighted by molar-refractivity contribution is 0.00835. The Kier molecular flexibility index (Phi) is 2.78. The summed E-state index contributed by atoms with van der Waals surface area (Å²) in [6, 6.07) is 8.49. The lowest BCUT2D eigenvalue weighted by Gasteiger charge is -2.35. The molecule has 0 radical (unpaired) electrons. The molecular formula is C13H19N3O. The molecule has 1 aliphatic heterocycles. The van der Waals surface area contributed by atoms with Crippen LogP contribution in [0.1, 0.15) is 18.4 Å². The number of morpholine rings is 1. The second kappa shape index (κ2) is 4.29. The van der Waals surface area contributed by atoms with E-state index in [9.17, 15) is 0 Å². The predicted octanol–water partition coefficient (Wildman–Crippen LogP) is 1.29. The van der Waals surface area contributed by atoms with Gasteiger partial charge in [0.2, 0.25) is 0 Å². The molecule has 92 valence electrons. The van der Waals surface area contributed by atoms with Crippen LogP contribution in [0.3, 0.4) is 0 Å². The van der Waals surface area contributed by atoms with Crippen molar-refractivity contribution in [3.8, 4) is 0 Å². The molecular weight excluding hydrogens is 214 g/mol. The van der Waals surface area contributed by atoms with E-state index in [0.717, 1.165) is 32.0 Å². The molecule has 0 bridgehead atoms. The van der Waals surface area contributed by atoms with Crippen molar-refractivity contribution in [1.29, 1.82) is 0 Å². The molecule has 3 N–H and O–H groups in total. The first-order valence-electron chi connectivity index (χ1n) is 6.25. The fourth-order valence-corrected chi connectivity index (χ4v) is 2.77. The molecule has 0 aromatic heterocycles. The molecule has 3 rings (SSSR count). The monoisotopic (exact) mass is 233 g/mol. The van der Waals surface area contributed by atoms with E-state index in [1.807, 2.05) is 0 Å². The first-order valence-corrected chi connectivity index (χ1v) is 6.25. The summed E-state index contributed by atoms with van der Waals surface area (Å²) in [5, 5.41) is 0. The van der Waals surface area contributed by atoms with Crippen LogP contribution in [0.15, 0.2) is 24.3 Å². The minimum atomic E-state index is 0.289. The Hall–Kier alpha value is -1.10. The van der Waals surface area contributed by atoms with Gasteiger partial charge in [-0.05, 0) is 30.5 Å². The Morgan fingerprint density at radius 2 is 1.76 bits per heavy atom. The van der Waals surface area contributed by atoms with Crippen LogP contribution in [0.25, 0.3) is 0 Å². The average molecular weight is 233 g/mol. The summed E-state index contributed by atoms with van der Waals surface area (Å²) >= 11 is 0. The van der Waals surface area contributed by atoms with Crippen LogP contribution in [-0.4, -0.2) is 31.2 Å². The number of hydrogen-bond acceptors (Lipinski definition) is 4. The highest BCUT2D eigenvalue weighted by Crippen LogP contribution is 2.51. The zero-order valence-electron chi connectivity index (χ0n) is 9.98. The van der Waals surface area contributed by atoms with E-state index in [0.29, 0.717) is 0 Å². The molecule has 1 saturated heterocycles. The normalized spacial score (nSPS) is 23.4. The number of nitrogens with one attached hydrogen (secondary N) is 1. The maximum atomic E-state index is 5.43. The zero-order chi connectivity index (χ0) is 11.7. The zero-order valence-corrected chi connectivity index (χ0v) is 9.98. The number of anilines is 1. The van der Waals surface area contributed by atoms with Crippen LogP contribution in [0.2, 0.25) is 0 Å². The minimum absolute atomic E-state index is 0.289. The average Bonchev–Trinajstić information content (AvgIpc) is 3.21. The summed E-state index contributed by atoms with van der Waals surface area (Å²) in [6.07, 6.45) is 2.53. The molecule has 0 atom stereocenters. The quantitative estimate of drug-likeness (QED) is 0.610. The van der Waals surface area contributed by atoms with Gasteiger partial charge in [-0.2, -0.15) is 0 Å². The summed E-state index contributed by atoms with van der Waals surface area (Å²) in [6.45, 7) is 3.84. The van der Waals surface area contributed by atoms with Crippen LogP contribution in [0, 0.1) is 0 Å². The Labute approximate surface area is 102 Å². The molecule has 4 heteroatoms. The Balaban J connectivity index is 1.81. The van der Waals surface area contributed by atoms with Crippen molar-refractivity contribution in [2.45, 2.75) is 18.4 Å². The van der Waals surface area contributed by atoms with Crippen LogP contribution in [-0.2, 0) is 10.3 Å². The third kappa shape index (κ3) is 1.92. The third-order valence-electron chi connectivity index (χ3n) is 3.93. The van der Waals surface area contributed by atoms with E-state index in [1.165, 1.54) is 18.4 Å². The summed E-state index contributed by atoms with van der Waals surface area (Å²) in [4.78, 5) is 2.57. The molecule has 17 heavy (non-hydrogen) atoms. The maximum absolute atomic E-state index is 5.43. The molecule has 1 aliphatic carbocycles. The Morgan fingerprint density at radius 3 is 2.29 bits per heavy atom. The number of hydrazine groups is 1. The topological polar surface area (TPSA) is 50.5 Å². The Bertz CT molecular complexity index is 380. The van der Waals surface area contributed by atoms with Crippen molar-refractivity contribution in [3.05, 3.63) is 29.8 Å². The summed E-state index contributed by atoms with van der Waals surface area (Å²) in [5.74, 6) is 5.39. The van der Waals surface area contributed by atoms with Gasteiger partial charge in [-0.25, -0.2) is 0 Å². The molecule has 4 nitrogen and oxygen atoms in total. The standard InChI is InChI=1S/C13H19N3O/c14-15-12-3-1-11(2-4-12)13(5-6-13)16-7-9-17-10-8-16/h1-4,15H,5-10,14H2. The lowest BCUT2D eigenvalue weighted by Crippen LogP contribution is -2.43. The molecule has 2 fully saturated rings. The summed E-state index contributed by atoms with van der Waals surface area (Å²) in [7, 11) is 0. The van der Waals surface area contributed by atoms with Gasteiger partial charge in [-0.3, -0.25) is 10.7 Å². The molecule has 2 aliphatic rings. The maximum Gasteiger partial charge on any atom is 0.0594 e. The highest BCUT2D eigenvalue weighted by molar-refractivity contribution is 5.46. The van der Waals surface area contributed by atoms with E-state index in [4.69, 9.17) is 10.6 Å². The number of nitrogens with two attached hydrogens (primary N) is 1. The van der Waals surface area contributed by atoms with Crippen molar-refractivity contribution in [2.75, 3.05) is 31.7 Å². The molecule has 0 unspecified atom stereocenters. The summed E-state index contributed by atoms with van der Waals surface area (Å²) in [5.41, 5.74) is 5.34. The van der Waals surface area contributed by atoms with Crippen molar-refractivity contribution in [1.82, 2.24) is 4.90 Å². The number of nitrogens with zero attached hydrogens (tertiary/aromatic N) is 1. The number of nitrogen functional groups attached to an aromatic ring is 1. The van der Waals surface area contributed by atoms with E-state index in [-0.39, 0.29) is 5.54 Å². The molecule has 1 saturated carbocycles. The van der Waals surface area contributed by atoms with Crippen molar-refractivity contribution < 1.29 is 4.74 Å². The fourth-order valence-electron chi connectivity index (χ4n) is 2.77. The van der Waals surface area contributed by atoms with Gasteiger partial charge in [-0.1, -0.05) is 12.1 Å². The van der Waals surface area contributed by atoms with Crippen LogP contribution in [0.4, 0.5) is 5.69 Å². The van der Waals surface area contributed by atoms with Gasteiger partial charge in [0.05, 0.1) is 13.2 Å². The predicted molar refractivity (Wildman–Crippen MR) is 67.6 cm³/mol. The van der Waals surface area contributed by atoms with Crippen LogP contribution < -0.4 is 11.3 Å². The van der Waals surface area contributed by atoms with Gasteiger partial charge in [0.25, 0.3) is 0 Å². The minimum Gasteiger partial charge on any atom is -0.379 e. The Morgan fingerprint density at radius 1 is 1.12 bits per heavy atom. The molecule has 1 aromatic carbocycles. The second-order valence-electron chi connectivity index (χ2n) is 4.85. The summed E-state index contributed by atoms with van der Waals surface area (Å²) < 4.78 is 5.43. The largest absolute Gasteiger partial charge is 0.379 e. The van der Waals surface area contributed by atoms with E-state index in [1.54, 1.807) is 0 Å². The first kappa shape index (κ1) is 11.0. The van der Waals surface area contributed by atoms with Crippen molar-refractivity contribution in [3.63, 3.8) is 0 Å². The first-order chi connectivity index (χ1) is 8.35. The van der Waals surface area contributed by atoms with Crippen LogP contribution in [0.5, 0.6) is 0 Å². The highest BCUT2D eigenvalue weighted by atomic mass is 16.5. The molecule has 0 amide bonds. The van der Waals surface area contributed by atoms with E-state index >= 15 is 0 Å². The number of rotatable bonds is 3. The van der Waals surface area contributed by atoms with E-state index in [2.05, 4.69) is 34.6 Å². The fraction of sp³-hybridized carbons (Fsp3) is 0.538. The smallest absolute Gasteiger partial charge is 0.0594 e. The van der Waals surface area contributed by atoms with Gasteiger partial charge in [0.15, 0.2) is 0 Å². The molecule has 1 heterocycles. The number of ether oxygens (including phenoxy) is 1. The highest BCUT2D eigenvalue weighted by Gasteiger charge is 2.49. The molecule has 0 spiro atoms. The van der Waals surface area contributed by atoms with Gasteiger partial charge >= 0.3 is 0 Å². The molecule has 1 aromatic rings. The van der Waals surface area contributed by atoms with Crippen LogP contribution >= 0.6 is 0 Å². The third-order valence-corrected chi connectivity index (χ3v) is 3.93. The van der Waals surface area contributed by atoms with Gasteiger partial charge in [0.1, 0.15) is 0 Å². The van der Waals surface area contributed by atoms with Gasteiger partial charge in [-0.15, -0.1) is 0 Å². The van der Waals surface area contributed by atoms with Crippen molar-refractivity contribution in [2.24, 2.45) is 5.84 Å². The van der Waals surface area contributed by atoms with Gasteiger partial charge in [0, 0.05) is 24.3 Å².